The smallest absolute Gasteiger partial charge is 0.289 e. The Balaban J connectivity index is 1.53. The molecule has 0 spiro atoms. The topological polar surface area (TPSA) is 81.6 Å². The van der Waals surface area contributed by atoms with E-state index in [1.165, 1.54) is 6.26 Å². The van der Waals surface area contributed by atoms with Gasteiger partial charge in [0.2, 0.25) is 5.89 Å². The summed E-state index contributed by atoms with van der Waals surface area (Å²) in [5, 5.41) is 8.39. The summed E-state index contributed by atoms with van der Waals surface area (Å²) in [6.45, 7) is 1.23. The maximum absolute atomic E-state index is 12.5. The van der Waals surface area contributed by atoms with Gasteiger partial charge >= 0.3 is 0 Å². The average molecular weight is 353 g/mol. The van der Waals surface area contributed by atoms with Crippen LogP contribution in [0, 0.1) is 0 Å². The first-order chi connectivity index (χ1) is 12.8. The molecule has 0 aliphatic carbocycles. The Hall–Kier alpha value is -3.09. The molecule has 0 radical (unpaired) electrons. The average Bonchev–Trinajstić information content (AvgIpc) is 3.39. The zero-order chi connectivity index (χ0) is 17.9. The van der Waals surface area contributed by atoms with Crippen molar-refractivity contribution in [3.8, 4) is 17.2 Å². The number of likely N-dealkylation sites (tertiary alicyclic amines) is 1. The minimum absolute atomic E-state index is 0.0126. The van der Waals surface area contributed by atoms with Crippen molar-refractivity contribution in [2.45, 2.75) is 18.8 Å². The Labute approximate surface area is 150 Å². The maximum atomic E-state index is 12.5. The molecule has 1 saturated heterocycles. The molecular formula is C19H19N3O4. The van der Waals surface area contributed by atoms with Gasteiger partial charge in [0.25, 0.3) is 11.8 Å². The van der Waals surface area contributed by atoms with Crippen LogP contribution in [0.2, 0.25) is 0 Å². The third-order valence-corrected chi connectivity index (χ3v) is 4.57. The molecule has 1 atom stereocenters. The predicted octanol–water partition coefficient (Wildman–Crippen LogP) is 3.36. The van der Waals surface area contributed by atoms with Gasteiger partial charge in [0.05, 0.1) is 24.9 Å². The van der Waals surface area contributed by atoms with Gasteiger partial charge < -0.3 is 18.5 Å². The number of amides is 1. The summed E-state index contributed by atoms with van der Waals surface area (Å²) in [7, 11) is 1.61. The molecule has 1 aliphatic heterocycles. The third kappa shape index (κ3) is 3.08. The van der Waals surface area contributed by atoms with Crippen LogP contribution >= 0.6 is 0 Å². The molecular weight excluding hydrogens is 334 g/mol. The van der Waals surface area contributed by atoms with E-state index in [1.807, 2.05) is 24.3 Å². The maximum Gasteiger partial charge on any atom is 0.289 e. The SMILES string of the molecule is COc1ccccc1-c1nnc([C@H]2CCCN(C(=O)c3ccco3)C2)o1. The molecule has 1 aliphatic rings. The highest BCUT2D eigenvalue weighted by Crippen LogP contribution is 2.32. The number of aromatic nitrogens is 2. The van der Waals surface area contributed by atoms with Gasteiger partial charge in [0.1, 0.15) is 5.75 Å². The van der Waals surface area contributed by atoms with Crippen molar-refractivity contribution >= 4 is 5.91 Å². The van der Waals surface area contributed by atoms with Gasteiger partial charge in [-0.2, -0.15) is 0 Å². The molecule has 7 heteroatoms. The molecule has 1 aromatic carbocycles. The number of para-hydroxylation sites is 1. The van der Waals surface area contributed by atoms with Crippen molar-refractivity contribution in [3.63, 3.8) is 0 Å². The Morgan fingerprint density at radius 3 is 2.92 bits per heavy atom. The minimum atomic E-state index is -0.107. The number of furan rings is 1. The Kier molecular flexibility index (Phi) is 4.43. The van der Waals surface area contributed by atoms with Crippen LogP contribution in [0.3, 0.4) is 0 Å². The van der Waals surface area contributed by atoms with E-state index in [2.05, 4.69) is 10.2 Å². The standard InChI is InChI=1S/C19H19N3O4/c1-24-15-8-3-2-7-14(15)18-21-20-17(26-18)13-6-4-10-22(12-13)19(23)16-9-5-11-25-16/h2-3,5,7-9,11,13H,4,6,10,12H2,1H3/t13-/m0/s1. The van der Waals surface area contributed by atoms with Crippen LogP contribution in [0.5, 0.6) is 5.75 Å². The van der Waals surface area contributed by atoms with Gasteiger partial charge in [-0.05, 0) is 37.1 Å². The third-order valence-electron chi connectivity index (χ3n) is 4.57. The molecule has 7 nitrogen and oxygen atoms in total. The zero-order valence-corrected chi connectivity index (χ0v) is 14.4. The number of rotatable bonds is 4. The lowest BCUT2D eigenvalue weighted by Crippen LogP contribution is -2.39. The highest BCUT2D eigenvalue weighted by Gasteiger charge is 2.30. The number of nitrogens with zero attached hydrogens (tertiary/aromatic N) is 3. The second-order valence-corrected chi connectivity index (χ2v) is 6.21. The Bertz CT molecular complexity index is 888. The van der Waals surface area contributed by atoms with Gasteiger partial charge in [-0.25, -0.2) is 0 Å². The van der Waals surface area contributed by atoms with E-state index in [0.29, 0.717) is 36.4 Å². The van der Waals surface area contributed by atoms with Crippen molar-refractivity contribution in [3.05, 3.63) is 54.3 Å². The molecule has 0 N–H and O–H groups in total. The first kappa shape index (κ1) is 16.4. The summed E-state index contributed by atoms with van der Waals surface area (Å²) in [4.78, 5) is 14.3. The number of ether oxygens (including phenoxy) is 1. The number of piperidine rings is 1. The molecule has 0 bridgehead atoms. The first-order valence-electron chi connectivity index (χ1n) is 8.56. The van der Waals surface area contributed by atoms with Crippen LogP contribution in [0.1, 0.15) is 35.2 Å². The second kappa shape index (κ2) is 7.03. The van der Waals surface area contributed by atoms with Crippen LogP contribution in [-0.2, 0) is 0 Å². The molecule has 26 heavy (non-hydrogen) atoms. The lowest BCUT2D eigenvalue weighted by molar-refractivity contribution is 0.0666. The fourth-order valence-electron chi connectivity index (χ4n) is 3.25. The largest absolute Gasteiger partial charge is 0.496 e. The van der Waals surface area contributed by atoms with Crippen LogP contribution < -0.4 is 4.74 Å². The van der Waals surface area contributed by atoms with E-state index < -0.39 is 0 Å². The summed E-state index contributed by atoms with van der Waals surface area (Å²) in [5.41, 5.74) is 0.757. The van der Waals surface area contributed by atoms with E-state index in [0.717, 1.165) is 18.4 Å². The van der Waals surface area contributed by atoms with Crippen molar-refractivity contribution in [2.24, 2.45) is 0 Å². The number of benzene rings is 1. The van der Waals surface area contributed by atoms with Gasteiger partial charge in [-0.1, -0.05) is 12.1 Å². The van der Waals surface area contributed by atoms with Crippen LogP contribution in [0.15, 0.2) is 51.5 Å². The second-order valence-electron chi connectivity index (χ2n) is 6.21. The van der Waals surface area contributed by atoms with Crippen LogP contribution in [-0.4, -0.2) is 41.2 Å². The summed E-state index contributed by atoms with van der Waals surface area (Å²) >= 11 is 0. The minimum Gasteiger partial charge on any atom is -0.496 e. The van der Waals surface area contributed by atoms with Gasteiger partial charge in [-0.3, -0.25) is 4.79 Å². The normalized spacial score (nSPS) is 17.3. The van der Waals surface area contributed by atoms with Gasteiger partial charge in [0, 0.05) is 13.1 Å². The van der Waals surface area contributed by atoms with Crippen molar-refractivity contribution in [1.29, 1.82) is 0 Å². The molecule has 1 amide bonds. The summed E-state index contributed by atoms with van der Waals surface area (Å²) in [6.07, 6.45) is 3.28. The summed E-state index contributed by atoms with van der Waals surface area (Å²) in [6, 6.07) is 10.9. The molecule has 0 saturated carbocycles. The molecule has 3 heterocycles. The summed E-state index contributed by atoms with van der Waals surface area (Å²) < 4.78 is 16.5. The molecule has 134 valence electrons. The number of carbonyl (C=O) groups excluding carboxylic acids is 1. The number of hydrogen-bond acceptors (Lipinski definition) is 6. The van der Waals surface area contributed by atoms with E-state index in [1.54, 1.807) is 24.1 Å². The molecule has 3 aromatic rings. The zero-order valence-electron chi connectivity index (χ0n) is 14.4. The lowest BCUT2D eigenvalue weighted by Gasteiger charge is -2.30. The molecule has 1 fully saturated rings. The fourth-order valence-corrected chi connectivity index (χ4v) is 3.25. The molecule has 2 aromatic heterocycles. The quantitative estimate of drug-likeness (QED) is 0.715. The van der Waals surface area contributed by atoms with E-state index in [4.69, 9.17) is 13.6 Å². The monoisotopic (exact) mass is 353 g/mol. The molecule has 4 rings (SSSR count). The number of methoxy groups -OCH3 is 1. The summed E-state index contributed by atoms with van der Waals surface area (Å²) in [5.74, 6) is 1.91. The van der Waals surface area contributed by atoms with Crippen LogP contribution in [0.25, 0.3) is 11.5 Å². The highest BCUT2D eigenvalue weighted by atomic mass is 16.5. The predicted molar refractivity (Wildman–Crippen MR) is 92.9 cm³/mol. The van der Waals surface area contributed by atoms with E-state index >= 15 is 0 Å². The van der Waals surface area contributed by atoms with Crippen molar-refractivity contribution in [1.82, 2.24) is 15.1 Å². The van der Waals surface area contributed by atoms with E-state index in [-0.39, 0.29) is 11.8 Å². The Morgan fingerprint density at radius 1 is 1.23 bits per heavy atom. The first-order valence-corrected chi connectivity index (χ1v) is 8.56. The van der Waals surface area contributed by atoms with Crippen molar-refractivity contribution < 1.29 is 18.4 Å². The number of hydrogen-bond donors (Lipinski definition) is 0. The van der Waals surface area contributed by atoms with Crippen molar-refractivity contribution in [2.75, 3.05) is 20.2 Å². The van der Waals surface area contributed by atoms with E-state index in [9.17, 15) is 4.79 Å². The highest BCUT2D eigenvalue weighted by molar-refractivity contribution is 5.91. The number of carbonyl (C=O) groups is 1. The Morgan fingerprint density at radius 2 is 2.12 bits per heavy atom. The molecule has 0 unspecified atom stereocenters. The van der Waals surface area contributed by atoms with Gasteiger partial charge in [0.15, 0.2) is 5.76 Å². The van der Waals surface area contributed by atoms with Crippen LogP contribution in [0.4, 0.5) is 0 Å². The fraction of sp³-hybridized carbons (Fsp3) is 0.316. The van der Waals surface area contributed by atoms with Gasteiger partial charge in [-0.15, -0.1) is 10.2 Å². The lowest BCUT2D eigenvalue weighted by atomic mass is 9.98.